The normalized spacial score (nSPS) is 33.2. The van der Waals surface area contributed by atoms with Gasteiger partial charge in [0.25, 0.3) is 0 Å². The Labute approximate surface area is 197 Å². The number of ether oxygens (including phenoxy) is 2. The lowest BCUT2D eigenvalue weighted by atomic mass is 9.65. The summed E-state index contributed by atoms with van der Waals surface area (Å²) in [7, 11) is 0. The van der Waals surface area contributed by atoms with Crippen LogP contribution in [0.1, 0.15) is 66.2 Å². The van der Waals surface area contributed by atoms with Crippen molar-refractivity contribution in [3.8, 4) is 0 Å². The number of aliphatic hydroxyl groups is 1. The van der Waals surface area contributed by atoms with Gasteiger partial charge in [0.1, 0.15) is 17.6 Å². The molecule has 0 saturated carbocycles. The molecule has 3 heterocycles. The number of carbonyl (C=O) groups excluding carboxylic acids is 3. The first-order chi connectivity index (χ1) is 15.8. The first-order valence-electron chi connectivity index (χ1n) is 12.5. The second kappa shape index (κ2) is 10.1. The molecule has 33 heavy (non-hydrogen) atoms. The number of rotatable bonds is 12. The third-order valence-corrected chi connectivity index (χ3v) is 7.86. The molecule has 1 N–H and O–H groups in total. The number of hydrogen-bond donors (Lipinski definition) is 1. The molecule has 1 spiro atoms. The monoisotopic (exact) mass is 464 g/mol. The summed E-state index contributed by atoms with van der Waals surface area (Å²) < 4.78 is 12.1. The van der Waals surface area contributed by atoms with E-state index in [1.54, 1.807) is 22.8 Å². The highest BCUT2D eigenvalue weighted by atomic mass is 16.6. The van der Waals surface area contributed by atoms with E-state index in [-0.39, 0.29) is 37.6 Å². The molecule has 2 bridgehead atoms. The maximum atomic E-state index is 14.1. The number of hydrogen-bond acceptors (Lipinski definition) is 6. The largest absolute Gasteiger partial charge is 0.466 e. The average Bonchev–Trinajstić information content (AvgIpc) is 3.39. The number of esters is 1. The van der Waals surface area contributed by atoms with Gasteiger partial charge in [-0.2, -0.15) is 0 Å². The van der Waals surface area contributed by atoms with Crippen LogP contribution in [0.5, 0.6) is 0 Å². The molecule has 6 atom stereocenters. The Hall–Kier alpha value is -1.93. The Kier molecular flexibility index (Phi) is 7.89. The zero-order chi connectivity index (χ0) is 24.4. The second-order valence-electron chi connectivity index (χ2n) is 9.61. The van der Waals surface area contributed by atoms with Gasteiger partial charge in [-0.15, -0.1) is 6.58 Å². The Morgan fingerprint density at radius 1 is 1.36 bits per heavy atom. The average molecular weight is 465 g/mol. The van der Waals surface area contributed by atoms with Crippen LogP contribution in [0, 0.1) is 11.8 Å². The van der Waals surface area contributed by atoms with E-state index in [1.807, 2.05) is 13.8 Å². The van der Waals surface area contributed by atoms with Crippen molar-refractivity contribution in [2.75, 3.05) is 26.3 Å². The third kappa shape index (κ3) is 3.99. The lowest BCUT2D eigenvalue weighted by molar-refractivity contribution is -0.162. The Balaban J connectivity index is 2.08. The van der Waals surface area contributed by atoms with E-state index in [0.717, 1.165) is 12.8 Å². The summed E-state index contributed by atoms with van der Waals surface area (Å²) in [6.45, 7) is 12.4. The third-order valence-electron chi connectivity index (χ3n) is 7.86. The summed E-state index contributed by atoms with van der Waals surface area (Å²) in [6.07, 6.45) is 5.54. The Bertz CT molecular complexity index is 772. The molecule has 0 aromatic heterocycles. The summed E-state index contributed by atoms with van der Waals surface area (Å²) in [6, 6.07) is -0.848. The van der Waals surface area contributed by atoms with Crippen molar-refractivity contribution in [1.29, 1.82) is 0 Å². The minimum atomic E-state index is -1.05. The summed E-state index contributed by atoms with van der Waals surface area (Å²) in [4.78, 5) is 44.4. The molecule has 2 amide bonds. The van der Waals surface area contributed by atoms with Gasteiger partial charge < -0.3 is 24.4 Å². The maximum Gasteiger partial charge on any atom is 0.312 e. The van der Waals surface area contributed by atoms with Gasteiger partial charge in [0.05, 0.1) is 18.1 Å². The van der Waals surface area contributed by atoms with Crippen LogP contribution in [-0.2, 0) is 23.9 Å². The number of likely N-dealkylation sites (tertiary alicyclic amines) is 1. The van der Waals surface area contributed by atoms with Crippen LogP contribution in [0.15, 0.2) is 12.7 Å². The topological polar surface area (TPSA) is 96.4 Å². The molecular weight excluding hydrogens is 424 g/mol. The van der Waals surface area contributed by atoms with E-state index >= 15 is 0 Å². The Morgan fingerprint density at radius 2 is 2.09 bits per heavy atom. The van der Waals surface area contributed by atoms with E-state index in [9.17, 15) is 19.5 Å². The predicted molar refractivity (Wildman–Crippen MR) is 123 cm³/mol. The van der Waals surface area contributed by atoms with Crippen LogP contribution in [0.25, 0.3) is 0 Å². The number of amides is 2. The van der Waals surface area contributed by atoms with Gasteiger partial charge in [0.15, 0.2) is 0 Å². The molecule has 0 aromatic rings. The maximum absolute atomic E-state index is 14.1. The fourth-order valence-corrected chi connectivity index (χ4v) is 6.43. The highest BCUT2D eigenvalue weighted by Crippen LogP contribution is 2.64. The summed E-state index contributed by atoms with van der Waals surface area (Å²) in [5, 5.41) is 9.46. The molecular formula is C25H40N2O6. The summed E-state index contributed by atoms with van der Waals surface area (Å²) in [5.74, 6) is -2.29. The van der Waals surface area contributed by atoms with Crippen LogP contribution in [-0.4, -0.2) is 82.3 Å². The predicted octanol–water partition coefficient (Wildman–Crippen LogP) is 2.29. The Morgan fingerprint density at radius 3 is 2.67 bits per heavy atom. The minimum Gasteiger partial charge on any atom is -0.466 e. The molecule has 8 nitrogen and oxygen atoms in total. The molecule has 8 heteroatoms. The quantitative estimate of drug-likeness (QED) is 0.352. The first kappa shape index (κ1) is 25.7. The van der Waals surface area contributed by atoms with E-state index < -0.39 is 35.0 Å². The van der Waals surface area contributed by atoms with Gasteiger partial charge in [-0.25, -0.2) is 0 Å². The van der Waals surface area contributed by atoms with Crippen LogP contribution in [0.3, 0.4) is 0 Å². The number of aliphatic hydroxyl groups excluding tert-OH is 1. The van der Waals surface area contributed by atoms with Gasteiger partial charge in [-0.3, -0.25) is 14.4 Å². The molecule has 0 aliphatic carbocycles. The molecule has 3 rings (SSSR count). The molecule has 0 aromatic carbocycles. The van der Waals surface area contributed by atoms with Crippen molar-refractivity contribution in [3.05, 3.63) is 12.7 Å². The SMILES string of the molecule is C=CCN(C(=O)C1N(CCCO)C(=O)[C@@H]2[C@H](C(=O)OCC)[C@]3(CC)CCC12O3)C(C)CCC. The number of nitrogens with zero attached hydrogens (tertiary/aromatic N) is 2. The summed E-state index contributed by atoms with van der Waals surface area (Å²) >= 11 is 0. The van der Waals surface area contributed by atoms with Crippen LogP contribution < -0.4 is 0 Å². The van der Waals surface area contributed by atoms with Gasteiger partial charge in [-0.05, 0) is 46.0 Å². The zero-order valence-electron chi connectivity index (χ0n) is 20.5. The van der Waals surface area contributed by atoms with E-state index in [4.69, 9.17) is 9.47 Å². The highest BCUT2D eigenvalue weighted by Gasteiger charge is 2.79. The lowest BCUT2D eigenvalue weighted by Gasteiger charge is -2.39. The summed E-state index contributed by atoms with van der Waals surface area (Å²) in [5.41, 5.74) is -1.84. The van der Waals surface area contributed by atoms with Gasteiger partial charge in [0, 0.05) is 25.7 Å². The van der Waals surface area contributed by atoms with E-state index in [0.29, 0.717) is 32.2 Å². The van der Waals surface area contributed by atoms with Crippen molar-refractivity contribution < 1.29 is 29.0 Å². The highest BCUT2D eigenvalue weighted by molar-refractivity contribution is 5.98. The fourth-order valence-electron chi connectivity index (χ4n) is 6.43. The van der Waals surface area contributed by atoms with Gasteiger partial charge in [-0.1, -0.05) is 26.3 Å². The van der Waals surface area contributed by atoms with E-state index in [2.05, 4.69) is 13.5 Å². The van der Waals surface area contributed by atoms with Crippen LogP contribution >= 0.6 is 0 Å². The molecule has 3 saturated heterocycles. The minimum absolute atomic E-state index is 0.0228. The van der Waals surface area contributed by atoms with E-state index in [1.165, 1.54) is 0 Å². The fraction of sp³-hybridized carbons (Fsp3) is 0.800. The van der Waals surface area contributed by atoms with Crippen LogP contribution in [0.4, 0.5) is 0 Å². The molecule has 3 aliphatic rings. The van der Waals surface area contributed by atoms with Crippen molar-refractivity contribution in [1.82, 2.24) is 9.80 Å². The molecule has 0 radical (unpaired) electrons. The van der Waals surface area contributed by atoms with Crippen molar-refractivity contribution in [2.24, 2.45) is 11.8 Å². The number of carbonyl (C=O) groups is 3. The van der Waals surface area contributed by atoms with Gasteiger partial charge in [0.2, 0.25) is 11.8 Å². The number of fused-ring (bicyclic) bond motifs is 1. The first-order valence-corrected chi connectivity index (χ1v) is 12.5. The van der Waals surface area contributed by atoms with Crippen molar-refractivity contribution in [3.63, 3.8) is 0 Å². The second-order valence-corrected chi connectivity index (χ2v) is 9.61. The molecule has 186 valence electrons. The molecule has 3 aliphatic heterocycles. The standard InChI is InChI=1S/C25H40N2O6/c1-6-11-17(5)26(14-7-2)22(30)20-25-13-12-24(8-3,33-25)19(23(31)32-9-4)18(25)21(29)27(20)15-10-16-28/h7,17-20,28H,2,6,8-16H2,1,3-5H3/t17?,18-,19+,20?,24-,25?/m0/s1. The van der Waals surface area contributed by atoms with Crippen molar-refractivity contribution in [2.45, 2.75) is 89.5 Å². The smallest absolute Gasteiger partial charge is 0.312 e. The zero-order valence-corrected chi connectivity index (χ0v) is 20.5. The van der Waals surface area contributed by atoms with Gasteiger partial charge >= 0.3 is 5.97 Å². The van der Waals surface area contributed by atoms with Crippen molar-refractivity contribution >= 4 is 17.8 Å². The molecule has 3 unspecified atom stereocenters. The lowest BCUT2D eigenvalue weighted by Crippen LogP contribution is -2.58. The van der Waals surface area contributed by atoms with Crippen LogP contribution in [0.2, 0.25) is 0 Å². The molecule has 3 fully saturated rings.